The van der Waals surface area contributed by atoms with Crippen molar-refractivity contribution in [1.82, 2.24) is 0 Å². The van der Waals surface area contributed by atoms with E-state index >= 15 is 0 Å². The van der Waals surface area contributed by atoms with E-state index in [1.54, 1.807) is 0 Å². The van der Waals surface area contributed by atoms with E-state index in [-0.39, 0.29) is 5.97 Å². The lowest BCUT2D eigenvalue weighted by Gasteiger charge is -2.21. The van der Waals surface area contributed by atoms with Gasteiger partial charge in [-0.15, -0.1) is 0 Å². The zero-order valence-corrected chi connectivity index (χ0v) is 15.2. The number of unbranched alkanes of at least 4 members (excludes halogenated alkanes) is 9. The van der Waals surface area contributed by atoms with Gasteiger partial charge in [0.2, 0.25) is 0 Å². The minimum atomic E-state index is -0.145. The average Bonchev–Trinajstić information content (AvgIpc) is 2.57. The Bertz CT molecular complexity index is 292. The molecule has 0 amide bonds. The quantitative estimate of drug-likeness (QED) is 0.197. The van der Waals surface area contributed by atoms with Gasteiger partial charge in [0, 0.05) is 6.42 Å². The largest absolute Gasteiger partial charge is 0.435 e. The maximum Gasteiger partial charge on any atom is 0.310 e. The van der Waals surface area contributed by atoms with Gasteiger partial charge in [-0.05, 0) is 12.3 Å². The van der Waals surface area contributed by atoms with Crippen molar-refractivity contribution in [3.05, 3.63) is 12.8 Å². The molecule has 23 heavy (non-hydrogen) atoms. The number of hydrogen-bond acceptors (Lipinski definition) is 2. The molecule has 0 heterocycles. The fraction of sp³-hybridized carbons (Fsp3) is 0.857. The highest BCUT2D eigenvalue weighted by atomic mass is 16.5. The van der Waals surface area contributed by atoms with Crippen molar-refractivity contribution in [2.75, 3.05) is 0 Å². The van der Waals surface area contributed by atoms with Gasteiger partial charge in [-0.25, -0.2) is 0 Å². The van der Waals surface area contributed by atoms with Gasteiger partial charge >= 0.3 is 5.97 Å². The molecule has 1 aliphatic rings. The summed E-state index contributed by atoms with van der Waals surface area (Å²) in [6.45, 7) is 3.39. The Hall–Kier alpha value is -0.790. The van der Waals surface area contributed by atoms with Gasteiger partial charge in [0.15, 0.2) is 0 Å². The summed E-state index contributed by atoms with van der Waals surface area (Å²) in [5, 5.41) is 0. The van der Waals surface area contributed by atoms with E-state index in [0.717, 1.165) is 18.8 Å². The highest BCUT2D eigenvalue weighted by Crippen LogP contribution is 2.28. The van der Waals surface area contributed by atoms with Gasteiger partial charge in [0.25, 0.3) is 0 Å². The van der Waals surface area contributed by atoms with Crippen LogP contribution < -0.4 is 0 Å². The molecule has 2 heteroatoms. The third-order valence-corrected chi connectivity index (χ3v) is 5.18. The number of esters is 1. The summed E-state index contributed by atoms with van der Waals surface area (Å²) in [6, 6.07) is 0. The molecule has 0 aliphatic heterocycles. The molecule has 1 rings (SSSR count). The van der Waals surface area contributed by atoms with E-state index < -0.39 is 0 Å². The maximum atomic E-state index is 11.1. The molecule has 0 aromatic carbocycles. The van der Waals surface area contributed by atoms with E-state index in [1.165, 1.54) is 96.2 Å². The molecular weight excluding hydrogens is 284 g/mol. The fourth-order valence-electron chi connectivity index (χ4n) is 3.74. The van der Waals surface area contributed by atoms with Gasteiger partial charge < -0.3 is 4.74 Å². The third-order valence-electron chi connectivity index (χ3n) is 5.18. The Kier molecular flexibility index (Phi) is 13.0. The second kappa shape index (κ2) is 14.8. The van der Waals surface area contributed by atoms with Crippen LogP contribution >= 0.6 is 0 Å². The molecule has 0 N–H and O–H groups in total. The van der Waals surface area contributed by atoms with Crippen molar-refractivity contribution < 1.29 is 9.53 Å². The first-order valence-corrected chi connectivity index (χ1v) is 10.1. The van der Waals surface area contributed by atoms with Crippen molar-refractivity contribution in [3.63, 3.8) is 0 Å². The summed E-state index contributed by atoms with van der Waals surface area (Å²) in [5.41, 5.74) is 0. The second-order valence-corrected chi connectivity index (χ2v) is 7.23. The zero-order valence-electron chi connectivity index (χ0n) is 15.2. The van der Waals surface area contributed by atoms with Crippen molar-refractivity contribution in [2.45, 2.75) is 109 Å². The molecule has 0 spiro atoms. The summed E-state index contributed by atoms with van der Waals surface area (Å²) >= 11 is 0. The van der Waals surface area contributed by atoms with Gasteiger partial charge in [0.05, 0.1) is 6.26 Å². The molecule has 0 aromatic heterocycles. The Morgan fingerprint density at radius 1 is 0.826 bits per heavy atom. The van der Waals surface area contributed by atoms with Gasteiger partial charge in [-0.1, -0.05) is 103 Å². The predicted molar refractivity (Wildman–Crippen MR) is 98.3 cm³/mol. The SMILES string of the molecule is C=COC(=O)CCCCCCCCCCCCC1CCCCC1. The first-order valence-electron chi connectivity index (χ1n) is 10.1. The molecule has 2 nitrogen and oxygen atoms in total. The van der Waals surface area contributed by atoms with Crippen molar-refractivity contribution in [2.24, 2.45) is 5.92 Å². The van der Waals surface area contributed by atoms with Crippen LogP contribution in [0.2, 0.25) is 0 Å². The lowest BCUT2D eigenvalue weighted by atomic mass is 9.85. The summed E-state index contributed by atoms with van der Waals surface area (Å²) in [6.07, 6.45) is 23.9. The van der Waals surface area contributed by atoms with Crippen LogP contribution in [0.4, 0.5) is 0 Å². The van der Waals surface area contributed by atoms with E-state index in [2.05, 4.69) is 6.58 Å². The molecule has 1 aliphatic carbocycles. The summed E-state index contributed by atoms with van der Waals surface area (Å²) in [5.74, 6) is 0.917. The third kappa shape index (κ3) is 12.3. The standard InChI is InChI=1S/C21H38O2/c1-2-23-21(22)19-15-10-8-6-4-3-5-7-9-12-16-20-17-13-11-14-18-20/h2,20H,1,3-19H2. The van der Waals surface area contributed by atoms with Gasteiger partial charge in [0.1, 0.15) is 0 Å². The monoisotopic (exact) mass is 322 g/mol. The van der Waals surface area contributed by atoms with Crippen molar-refractivity contribution >= 4 is 5.97 Å². The number of carbonyl (C=O) groups excluding carboxylic acids is 1. The molecule has 1 fully saturated rings. The summed E-state index contributed by atoms with van der Waals surface area (Å²) in [7, 11) is 0. The summed E-state index contributed by atoms with van der Waals surface area (Å²) in [4.78, 5) is 11.1. The van der Waals surface area contributed by atoms with Crippen LogP contribution in [0.5, 0.6) is 0 Å². The topological polar surface area (TPSA) is 26.3 Å². The van der Waals surface area contributed by atoms with E-state index in [0.29, 0.717) is 6.42 Å². The van der Waals surface area contributed by atoms with Crippen molar-refractivity contribution in [3.8, 4) is 0 Å². The molecular formula is C21H38O2. The predicted octanol–water partition coefficient (Wildman–Crippen LogP) is 6.93. The van der Waals surface area contributed by atoms with Crippen LogP contribution in [0, 0.1) is 5.92 Å². The molecule has 0 unspecified atom stereocenters. The van der Waals surface area contributed by atoms with Crippen molar-refractivity contribution in [1.29, 1.82) is 0 Å². The highest BCUT2D eigenvalue weighted by Gasteiger charge is 2.12. The van der Waals surface area contributed by atoms with Crippen LogP contribution in [0.3, 0.4) is 0 Å². The number of ether oxygens (including phenoxy) is 1. The zero-order chi connectivity index (χ0) is 16.6. The maximum absolute atomic E-state index is 11.1. The Morgan fingerprint density at radius 2 is 1.35 bits per heavy atom. The van der Waals surface area contributed by atoms with E-state index in [9.17, 15) is 4.79 Å². The summed E-state index contributed by atoms with van der Waals surface area (Å²) < 4.78 is 4.70. The van der Waals surface area contributed by atoms with Crippen LogP contribution in [0.25, 0.3) is 0 Å². The van der Waals surface area contributed by atoms with Gasteiger partial charge in [-0.3, -0.25) is 4.79 Å². The first kappa shape index (κ1) is 20.3. The molecule has 0 saturated heterocycles. The smallest absolute Gasteiger partial charge is 0.310 e. The molecule has 0 aromatic rings. The molecule has 0 radical (unpaired) electrons. The first-order chi connectivity index (χ1) is 11.3. The molecule has 0 atom stereocenters. The number of rotatable bonds is 14. The number of hydrogen-bond donors (Lipinski definition) is 0. The Balaban J connectivity index is 1.73. The minimum absolute atomic E-state index is 0.145. The lowest BCUT2D eigenvalue weighted by molar-refractivity contribution is -0.138. The fourth-order valence-corrected chi connectivity index (χ4v) is 3.74. The van der Waals surface area contributed by atoms with Crippen LogP contribution in [0.15, 0.2) is 12.8 Å². The Labute approximate surface area is 144 Å². The van der Waals surface area contributed by atoms with Gasteiger partial charge in [-0.2, -0.15) is 0 Å². The molecule has 134 valence electrons. The normalized spacial score (nSPS) is 15.5. The average molecular weight is 323 g/mol. The second-order valence-electron chi connectivity index (χ2n) is 7.23. The lowest BCUT2D eigenvalue weighted by Crippen LogP contribution is -2.05. The van der Waals surface area contributed by atoms with Crippen LogP contribution in [-0.4, -0.2) is 5.97 Å². The van der Waals surface area contributed by atoms with Crippen LogP contribution in [0.1, 0.15) is 109 Å². The highest BCUT2D eigenvalue weighted by molar-refractivity contribution is 5.69. The number of carbonyl (C=O) groups is 1. The van der Waals surface area contributed by atoms with E-state index in [4.69, 9.17) is 4.74 Å². The molecule has 0 bridgehead atoms. The molecule has 1 saturated carbocycles. The Morgan fingerprint density at radius 3 is 1.91 bits per heavy atom. The van der Waals surface area contributed by atoms with E-state index in [1.807, 2.05) is 0 Å². The van der Waals surface area contributed by atoms with Crippen LogP contribution in [-0.2, 0) is 9.53 Å². The minimum Gasteiger partial charge on any atom is -0.435 e.